The molecule has 4 nitrogen and oxygen atoms in total. The van der Waals surface area contributed by atoms with Crippen molar-refractivity contribution in [1.29, 1.82) is 0 Å². The van der Waals surface area contributed by atoms with Crippen LogP contribution in [0.2, 0.25) is 10.0 Å². The van der Waals surface area contributed by atoms with Gasteiger partial charge in [-0.2, -0.15) is 0 Å². The number of halogens is 2. The number of esters is 1. The Balaban J connectivity index is 1.77. The average molecular weight is 365 g/mol. The summed E-state index contributed by atoms with van der Waals surface area (Å²) in [5, 5.41) is 1.05. The van der Waals surface area contributed by atoms with Gasteiger partial charge in [0.25, 0.3) is 0 Å². The van der Waals surface area contributed by atoms with Crippen molar-refractivity contribution in [2.45, 2.75) is 12.8 Å². The van der Waals surface area contributed by atoms with Crippen molar-refractivity contribution < 1.29 is 19.1 Å². The second kappa shape index (κ2) is 8.62. The summed E-state index contributed by atoms with van der Waals surface area (Å²) in [6.07, 6.45) is -0.0784. The van der Waals surface area contributed by atoms with Crippen LogP contribution in [0.4, 0.5) is 0 Å². The van der Waals surface area contributed by atoms with Crippen molar-refractivity contribution in [3.05, 3.63) is 69.7 Å². The van der Waals surface area contributed by atoms with Crippen LogP contribution in [-0.4, -0.2) is 24.1 Å². The molecule has 0 amide bonds. The van der Waals surface area contributed by atoms with Crippen molar-refractivity contribution in [3.63, 3.8) is 0 Å². The molecule has 0 aliphatic carbocycles. The molecule has 0 heterocycles. The number of hydrogen-bond donors (Lipinski definition) is 0. The number of hydrogen-bond acceptors (Lipinski definition) is 4. The average Bonchev–Trinajstić information content (AvgIpc) is 2.58. The Labute approximate surface area is 149 Å². The van der Waals surface area contributed by atoms with Crippen molar-refractivity contribution >= 4 is 40.7 Å². The third-order valence-corrected chi connectivity index (χ3v) is 3.76. The van der Waals surface area contributed by atoms with Crippen LogP contribution in [0.25, 0.3) is 0 Å². The summed E-state index contributed by atoms with van der Waals surface area (Å²) in [5.74, 6) is -1.11. The molecule has 2 rings (SSSR count). The molecule has 0 bridgehead atoms. The van der Waals surface area contributed by atoms with Crippen molar-refractivity contribution in [1.82, 2.24) is 0 Å². The predicted octanol–water partition coefficient (Wildman–Crippen LogP) is 4.38. The minimum Gasteiger partial charge on any atom is -0.457 e. The minimum absolute atomic E-state index is 0.00952. The van der Waals surface area contributed by atoms with E-state index in [0.717, 1.165) is 0 Å². The second-order valence-corrected chi connectivity index (χ2v) is 5.89. The molecule has 0 aromatic heterocycles. The van der Waals surface area contributed by atoms with Crippen LogP contribution in [0.15, 0.2) is 48.5 Å². The number of carbonyl (C=O) groups is 3. The molecule has 0 saturated heterocycles. The molecule has 0 N–H and O–H groups in total. The second-order valence-electron chi connectivity index (χ2n) is 5.02. The summed E-state index contributed by atoms with van der Waals surface area (Å²) in [7, 11) is 0. The Kier molecular flexibility index (Phi) is 6.53. The number of ketones is 2. The topological polar surface area (TPSA) is 60.4 Å². The lowest BCUT2D eigenvalue weighted by atomic mass is 10.1. The third kappa shape index (κ3) is 5.48. The molecule has 0 unspecified atom stereocenters. The van der Waals surface area contributed by atoms with E-state index in [0.29, 0.717) is 21.2 Å². The van der Waals surface area contributed by atoms with Gasteiger partial charge in [0.1, 0.15) is 0 Å². The molecule has 24 heavy (non-hydrogen) atoms. The van der Waals surface area contributed by atoms with Gasteiger partial charge in [-0.3, -0.25) is 14.4 Å². The van der Waals surface area contributed by atoms with Gasteiger partial charge in [0.05, 0.1) is 6.42 Å². The van der Waals surface area contributed by atoms with Crippen LogP contribution in [-0.2, 0) is 9.53 Å². The number of benzene rings is 2. The van der Waals surface area contributed by atoms with Gasteiger partial charge in [-0.25, -0.2) is 0 Å². The van der Waals surface area contributed by atoms with Gasteiger partial charge in [0.15, 0.2) is 18.2 Å². The molecular weight excluding hydrogens is 351 g/mol. The number of rotatable bonds is 7. The van der Waals surface area contributed by atoms with E-state index in [1.807, 2.05) is 0 Å². The minimum atomic E-state index is -0.598. The van der Waals surface area contributed by atoms with E-state index < -0.39 is 5.97 Å². The Morgan fingerprint density at radius 2 is 1.17 bits per heavy atom. The first-order valence-corrected chi connectivity index (χ1v) is 7.94. The zero-order chi connectivity index (χ0) is 17.5. The van der Waals surface area contributed by atoms with E-state index in [1.54, 1.807) is 48.5 Å². The predicted molar refractivity (Wildman–Crippen MR) is 91.8 cm³/mol. The van der Waals surface area contributed by atoms with E-state index in [-0.39, 0.29) is 31.0 Å². The Hall–Kier alpha value is -2.17. The summed E-state index contributed by atoms with van der Waals surface area (Å²) in [6, 6.07) is 12.7. The van der Waals surface area contributed by atoms with Crippen LogP contribution in [0.1, 0.15) is 33.6 Å². The quantitative estimate of drug-likeness (QED) is 0.540. The molecule has 124 valence electrons. The van der Waals surface area contributed by atoms with E-state index >= 15 is 0 Å². The van der Waals surface area contributed by atoms with Crippen molar-refractivity contribution in [2.75, 3.05) is 6.61 Å². The molecule has 0 fully saturated rings. The van der Waals surface area contributed by atoms with Gasteiger partial charge in [0, 0.05) is 27.6 Å². The molecule has 0 saturated carbocycles. The summed E-state index contributed by atoms with van der Waals surface area (Å²) in [5.41, 5.74) is 0.883. The zero-order valence-electron chi connectivity index (χ0n) is 12.6. The van der Waals surface area contributed by atoms with Crippen LogP contribution < -0.4 is 0 Å². The highest BCUT2D eigenvalue weighted by atomic mass is 35.5. The molecule has 0 atom stereocenters. The smallest absolute Gasteiger partial charge is 0.306 e. The van der Waals surface area contributed by atoms with Crippen molar-refractivity contribution in [2.24, 2.45) is 0 Å². The SMILES string of the molecule is O=C(CCC(=O)c1ccc(Cl)cc1)OCC(=O)c1ccc(Cl)cc1. The van der Waals surface area contributed by atoms with E-state index in [2.05, 4.69) is 0 Å². The molecule has 0 aliphatic rings. The Morgan fingerprint density at radius 1 is 0.708 bits per heavy atom. The molecule has 0 aliphatic heterocycles. The van der Waals surface area contributed by atoms with Crippen LogP contribution in [0.5, 0.6) is 0 Å². The van der Waals surface area contributed by atoms with Crippen LogP contribution in [0.3, 0.4) is 0 Å². The maximum atomic E-state index is 11.9. The fourth-order valence-corrected chi connectivity index (χ4v) is 2.19. The maximum Gasteiger partial charge on any atom is 0.306 e. The third-order valence-electron chi connectivity index (χ3n) is 3.25. The summed E-state index contributed by atoms with van der Waals surface area (Å²) < 4.78 is 4.90. The summed E-state index contributed by atoms with van der Waals surface area (Å²) in [4.78, 5) is 35.4. The highest BCUT2D eigenvalue weighted by Crippen LogP contribution is 2.13. The fraction of sp³-hybridized carbons (Fsp3) is 0.167. The lowest BCUT2D eigenvalue weighted by molar-refractivity contribution is -0.142. The summed E-state index contributed by atoms with van der Waals surface area (Å²) >= 11 is 11.5. The molecule has 2 aromatic carbocycles. The van der Waals surface area contributed by atoms with Gasteiger partial charge >= 0.3 is 5.97 Å². The monoisotopic (exact) mass is 364 g/mol. The van der Waals surface area contributed by atoms with E-state index in [9.17, 15) is 14.4 Å². The normalized spacial score (nSPS) is 10.2. The molecule has 0 radical (unpaired) electrons. The molecule has 0 spiro atoms. The van der Waals surface area contributed by atoms with Crippen LogP contribution >= 0.6 is 23.2 Å². The largest absolute Gasteiger partial charge is 0.457 e. The molecular formula is C18H14Cl2O4. The zero-order valence-corrected chi connectivity index (χ0v) is 14.1. The van der Waals surface area contributed by atoms with Gasteiger partial charge in [0.2, 0.25) is 0 Å². The number of carbonyl (C=O) groups excluding carboxylic acids is 3. The fourth-order valence-electron chi connectivity index (χ4n) is 1.93. The van der Waals surface area contributed by atoms with Crippen molar-refractivity contribution in [3.8, 4) is 0 Å². The standard InChI is InChI=1S/C18H14Cl2O4/c19-14-5-1-12(2-6-14)16(21)9-10-18(23)24-11-17(22)13-3-7-15(20)8-4-13/h1-8H,9-11H2. The maximum absolute atomic E-state index is 11.9. The molecule has 6 heteroatoms. The van der Waals surface area contributed by atoms with E-state index in [4.69, 9.17) is 27.9 Å². The van der Waals surface area contributed by atoms with Gasteiger partial charge < -0.3 is 4.74 Å². The first kappa shape index (κ1) is 18.2. The van der Waals surface area contributed by atoms with Crippen LogP contribution in [0, 0.1) is 0 Å². The molecule has 2 aromatic rings. The number of Topliss-reactive ketones (excluding diaryl/α,β-unsaturated/α-hetero) is 2. The number of ether oxygens (including phenoxy) is 1. The highest BCUT2D eigenvalue weighted by molar-refractivity contribution is 6.31. The van der Waals surface area contributed by atoms with Gasteiger partial charge in [-0.1, -0.05) is 23.2 Å². The Bertz CT molecular complexity index is 673. The Morgan fingerprint density at radius 3 is 1.67 bits per heavy atom. The lowest BCUT2D eigenvalue weighted by Gasteiger charge is -2.05. The highest BCUT2D eigenvalue weighted by Gasteiger charge is 2.13. The van der Waals surface area contributed by atoms with Gasteiger partial charge in [-0.15, -0.1) is 0 Å². The summed E-state index contributed by atoms with van der Waals surface area (Å²) in [6.45, 7) is -0.365. The van der Waals surface area contributed by atoms with E-state index in [1.165, 1.54) is 0 Å². The first-order valence-electron chi connectivity index (χ1n) is 7.19. The lowest BCUT2D eigenvalue weighted by Crippen LogP contribution is -2.15. The first-order chi connectivity index (χ1) is 11.5. The van der Waals surface area contributed by atoms with Gasteiger partial charge in [-0.05, 0) is 48.5 Å².